The maximum absolute atomic E-state index is 13.4. The first-order chi connectivity index (χ1) is 14.8. The molecule has 0 aromatic heterocycles. The fraction of sp³-hybridized carbons (Fsp3) is 0.565. The average Bonchev–Trinajstić information content (AvgIpc) is 3.18. The van der Waals surface area contributed by atoms with E-state index >= 15 is 0 Å². The van der Waals surface area contributed by atoms with Crippen LogP contribution in [0.15, 0.2) is 41.6 Å². The second-order valence-electron chi connectivity index (χ2n) is 9.56. The molecular formula is C23H34N6O2. The summed E-state index contributed by atoms with van der Waals surface area (Å²) >= 11 is 0. The third-order valence-electron chi connectivity index (χ3n) is 6.68. The Balaban J connectivity index is 1.46. The van der Waals surface area contributed by atoms with Crippen molar-refractivity contribution < 1.29 is 9.59 Å². The van der Waals surface area contributed by atoms with Gasteiger partial charge in [-0.3, -0.25) is 4.79 Å². The van der Waals surface area contributed by atoms with Crippen LogP contribution in [0.2, 0.25) is 0 Å². The highest BCUT2D eigenvalue weighted by Crippen LogP contribution is 2.36. The maximum atomic E-state index is 13.4. The molecule has 4 N–H and O–H groups in total. The number of likely N-dealkylation sites (N-methyl/N-ethyl adjacent to an activating group) is 1. The number of hydrazine groups is 1. The molecule has 31 heavy (non-hydrogen) atoms. The molecule has 4 rings (SSSR count). The predicted octanol–water partition coefficient (Wildman–Crippen LogP) is 1.70. The van der Waals surface area contributed by atoms with Crippen molar-refractivity contribution in [3.63, 3.8) is 0 Å². The number of hydrogen-bond acceptors (Lipinski definition) is 5. The minimum atomic E-state index is -0.512. The van der Waals surface area contributed by atoms with Crippen LogP contribution in [0.1, 0.15) is 44.7 Å². The van der Waals surface area contributed by atoms with E-state index in [2.05, 4.69) is 26.4 Å². The van der Waals surface area contributed by atoms with Crippen molar-refractivity contribution in [2.75, 3.05) is 27.2 Å². The summed E-state index contributed by atoms with van der Waals surface area (Å²) in [5, 5.41) is 6.33. The van der Waals surface area contributed by atoms with E-state index in [-0.39, 0.29) is 30.1 Å². The molecule has 0 saturated heterocycles. The van der Waals surface area contributed by atoms with Gasteiger partial charge in [0.2, 0.25) is 5.91 Å². The van der Waals surface area contributed by atoms with Crippen LogP contribution in [0.5, 0.6) is 0 Å². The van der Waals surface area contributed by atoms with Gasteiger partial charge in [0.25, 0.3) is 0 Å². The van der Waals surface area contributed by atoms with E-state index in [1.54, 1.807) is 0 Å². The molecule has 1 aliphatic carbocycles. The SMILES string of the molecule is CN(C)C[C@@H](NC(=O)N1CC2=C(NNC2NC(=O)C2CCC2)C1(C)C)c1ccccc1. The molecule has 0 spiro atoms. The van der Waals surface area contributed by atoms with E-state index in [0.717, 1.165) is 36.1 Å². The van der Waals surface area contributed by atoms with Gasteiger partial charge in [-0.05, 0) is 46.3 Å². The number of rotatable bonds is 6. The molecule has 1 aromatic rings. The van der Waals surface area contributed by atoms with Gasteiger partial charge < -0.3 is 25.9 Å². The van der Waals surface area contributed by atoms with Gasteiger partial charge in [-0.2, -0.15) is 0 Å². The average molecular weight is 427 g/mol. The summed E-state index contributed by atoms with van der Waals surface area (Å²) in [5.74, 6) is 0.216. The van der Waals surface area contributed by atoms with Crippen molar-refractivity contribution in [1.29, 1.82) is 0 Å². The van der Waals surface area contributed by atoms with E-state index in [1.165, 1.54) is 0 Å². The maximum Gasteiger partial charge on any atom is 0.318 e. The first kappa shape index (κ1) is 21.6. The van der Waals surface area contributed by atoms with E-state index in [1.807, 2.05) is 63.2 Å². The quantitative estimate of drug-likeness (QED) is 0.556. The highest BCUT2D eigenvalue weighted by molar-refractivity contribution is 5.81. The Morgan fingerprint density at radius 3 is 2.55 bits per heavy atom. The number of carbonyl (C=O) groups is 2. The Morgan fingerprint density at radius 1 is 1.23 bits per heavy atom. The molecule has 3 aliphatic rings. The van der Waals surface area contributed by atoms with Crippen LogP contribution in [-0.4, -0.2) is 60.6 Å². The van der Waals surface area contributed by atoms with Gasteiger partial charge in [-0.15, -0.1) is 0 Å². The van der Waals surface area contributed by atoms with Gasteiger partial charge in [0, 0.05) is 24.6 Å². The molecule has 2 atom stereocenters. The van der Waals surface area contributed by atoms with Crippen molar-refractivity contribution in [1.82, 2.24) is 31.3 Å². The lowest BCUT2D eigenvalue weighted by Crippen LogP contribution is -2.57. The van der Waals surface area contributed by atoms with Crippen molar-refractivity contribution in [2.45, 2.75) is 50.9 Å². The van der Waals surface area contributed by atoms with Crippen LogP contribution < -0.4 is 21.5 Å². The smallest absolute Gasteiger partial charge is 0.318 e. The third kappa shape index (κ3) is 4.27. The molecule has 1 saturated carbocycles. The summed E-state index contributed by atoms with van der Waals surface area (Å²) in [7, 11) is 4.01. The van der Waals surface area contributed by atoms with Crippen LogP contribution in [0.4, 0.5) is 4.79 Å². The summed E-state index contributed by atoms with van der Waals surface area (Å²) in [6, 6.07) is 9.82. The molecule has 8 heteroatoms. The third-order valence-corrected chi connectivity index (χ3v) is 6.68. The predicted molar refractivity (Wildman–Crippen MR) is 120 cm³/mol. The Bertz CT molecular complexity index is 862. The lowest BCUT2D eigenvalue weighted by atomic mass is 9.84. The van der Waals surface area contributed by atoms with Crippen molar-refractivity contribution in [2.24, 2.45) is 5.92 Å². The molecule has 1 fully saturated rings. The largest absolute Gasteiger partial charge is 0.335 e. The molecule has 0 radical (unpaired) electrons. The number of hydrogen-bond donors (Lipinski definition) is 4. The molecule has 1 aromatic carbocycles. The lowest BCUT2D eigenvalue weighted by molar-refractivity contribution is -0.128. The summed E-state index contributed by atoms with van der Waals surface area (Å²) in [4.78, 5) is 29.8. The van der Waals surface area contributed by atoms with Crippen LogP contribution in [0.25, 0.3) is 0 Å². The van der Waals surface area contributed by atoms with Gasteiger partial charge in [0.05, 0.1) is 17.3 Å². The van der Waals surface area contributed by atoms with Gasteiger partial charge in [0.15, 0.2) is 0 Å². The minimum absolute atomic E-state index is 0.0927. The number of urea groups is 1. The molecular weight excluding hydrogens is 392 g/mol. The zero-order chi connectivity index (χ0) is 22.2. The first-order valence-corrected chi connectivity index (χ1v) is 11.1. The Hall–Kier alpha value is -2.58. The van der Waals surface area contributed by atoms with E-state index in [9.17, 15) is 9.59 Å². The van der Waals surface area contributed by atoms with Crippen molar-refractivity contribution in [3.05, 3.63) is 47.2 Å². The molecule has 1 unspecified atom stereocenters. The number of amides is 3. The van der Waals surface area contributed by atoms with Gasteiger partial charge in [-0.1, -0.05) is 36.8 Å². The second kappa shape index (κ2) is 8.51. The first-order valence-electron chi connectivity index (χ1n) is 11.1. The van der Waals surface area contributed by atoms with Crippen molar-refractivity contribution >= 4 is 11.9 Å². The molecule has 2 heterocycles. The number of benzene rings is 1. The number of carbonyl (C=O) groups excluding carboxylic acids is 2. The highest BCUT2D eigenvalue weighted by Gasteiger charge is 2.48. The van der Waals surface area contributed by atoms with E-state index in [0.29, 0.717) is 13.1 Å². The zero-order valence-electron chi connectivity index (χ0n) is 18.9. The normalized spacial score (nSPS) is 23.3. The Morgan fingerprint density at radius 2 is 1.94 bits per heavy atom. The molecule has 168 valence electrons. The number of nitrogens with zero attached hydrogens (tertiary/aromatic N) is 2. The molecule has 8 nitrogen and oxygen atoms in total. The highest BCUT2D eigenvalue weighted by atomic mass is 16.2. The zero-order valence-corrected chi connectivity index (χ0v) is 18.9. The Kier molecular flexibility index (Phi) is 5.94. The summed E-state index contributed by atoms with van der Waals surface area (Å²) in [5.41, 5.74) is 8.96. The molecule has 3 amide bonds. The molecule has 0 bridgehead atoms. The van der Waals surface area contributed by atoms with Crippen molar-refractivity contribution in [3.8, 4) is 0 Å². The summed E-state index contributed by atoms with van der Waals surface area (Å²) < 4.78 is 0. The van der Waals surface area contributed by atoms with Crippen LogP contribution in [0.3, 0.4) is 0 Å². The van der Waals surface area contributed by atoms with Gasteiger partial charge in [-0.25, -0.2) is 10.2 Å². The second-order valence-corrected chi connectivity index (χ2v) is 9.56. The van der Waals surface area contributed by atoms with Gasteiger partial charge >= 0.3 is 6.03 Å². The minimum Gasteiger partial charge on any atom is -0.335 e. The Labute approximate surface area is 184 Å². The monoisotopic (exact) mass is 426 g/mol. The van der Waals surface area contributed by atoms with Crippen LogP contribution in [0, 0.1) is 5.92 Å². The van der Waals surface area contributed by atoms with Crippen LogP contribution >= 0.6 is 0 Å². The fourth-order valence-corrected chi connectivity index (χ4v) is 4.57. The summed E-state index contributed by atoms with van der Waals surface area (Å²) in [6.45, 7) is 5.23. The topological polar surface area (TPSA) is 88.7 Å². The number of nitrogens with one attached hydrogen (secondary N) is 4. The fourth-order valence-electron chi connectivity index (χ4n) is 4.57. The van der Waals surface area contributed by atoms with Gasteiger partial charge in [0.1, 0.15) is 6.17 Å². The standard InChI is InChI=1S/C23H34N6O2/c1-23(2)19-17(20(27-26-19)25-21(30)16-11-8-12-16)13-29(23)22(31)24-18(14-28(3)4)15-9-6-5-7-10-15/h5-7,9-10,16,18,20,26-27H,8,11-14H2,1-4H3,(H,24,31)(H,25,30)/t18-,20?/m1/s1. The lowest BCUT2D eigenvalue weighted by Gasteiger charge is -2.36. The van der Waals surface area contributed by atoms with Crippen LogP contribution in [-0.2, 0) is 4.79 Å². The van der Waals surface area contributed by atoms with E-state index < -0.39 is 5.54 Å². The summed E-state index contributed by atoms with van der Waals surface area (Å²) in [6.07, 6.45) is 2.76. The molecule has 2 aliphatic heterocycles. The van der Waals surface area contributed by atoms with E-state index in [4.69, 9.17) is 0 Å².